The maximum absolute atomic E-state index is 12.7. The molecule has 1 aromatic heterocycles. The van der Waals surface area contributed by atoms with Crippen molar-refractivity contribution in [3.05, 3.63) is 54.4 Å². The number of carbonyl (C=O) groups is 2. The van der Waals surface area contributed by atoms with E-state index in [1.165, 1.54) is 0 Å². The summed E-state index contributed by atoms with van der Waals surface area (Å²) in [5.41, 5.74) is 2.46. The van der Waals surface area contributed by atoms with Crippen LogP contribution in [0.5, 0.6) is 0 Å². The summed E-state index contributed by atoms with van der Waals surface area (Å²) < 4.78 is 0. The van der Waals surface area contributed by atoms with Gasteiger partial charge in [0.25, 0.3) is 5.91 Å². The highest BCUT2D eigenvalue weighted by Gasteiger charge is 2.22. The zero-order chi connectivity index (χ0) is 16.9. The fourth-order valence-corrected chi connectivity index (χ4v) is 2.74. The maximum Gasteiger partial charge on any atom is 0.255 e. The lowest BCUT2D eigenvalue weighted by atomic mass is 10.2. The number of para-hydroxylation sites is 1. The van der Waals surface area contributed by atoms with Crippen molar-refractivity contribution in [1.29, 1.82) is 0 Å². The Morgan fingerprint density at radius 1 is 1.08 bits per heavy atom. The standard InChI is InChI=1S/C18H20N4O2/c1-20(16-5-3-2-4-6-16)17-11-15(12-19-13-17)18(24)22-9-7-21(14-23)8-10-22/h2-6,11-14H,7-10H2,1H3. The number of hydrogen-bond acceptors (Lipinski definition) is 4. The van der Waals surface area contributed by atoms with E-state index in [-0.39, 0.29) is 5.91 Å². The van der Waals surface area contributed by atoms with Crippen LogP contribution in [0.4, 0.5) is 11.4 Å². The first-order valence-electron chi connectivity index (χ1n) is 7.91. The van der Waals surface area contributed by atoms with E-state index in [1.54, 1.807) is 22.2 Å². The molecule has 1 saturated heterocycles. The molecule has 0 unspecified atom stereocenters. The number of hydrogen-bond donors (Lipinski definition) is 0. The van der Waals surface area contributed by atoms with Crippen molar-refractivity contribution < 1.29 is 9.59 Å². The van der Waals surface area contributed by atoms with E-state index in [1.807, 2.05) is 48.3 Å². The number of pyridine rings is 1. The molecule has 6 heteroatoms. The maximum atomic E-state index is 12.7. The minimum absolute atomic E-state index is 0.0450. The van der Waals surface area contributed by atoms with Crippen LogP contribution in [0.2, 0.25) is 0 Å². The van der Waals surface area contributed by atoms with Crippen molar-refractivity contribution in [3.63, 3.8) is 0 Å². The molecule has 1 aliphatic rings. The molecule has 2 amide bonds. The molecule has 24 heavy (non-hydrogen) atoms. The average molecular weight is 324 g/mol. The Morgan fingerprint density at radius 2 is 1.79 bits per heavy atom. The third-order valence-corrected chi connectivity index (χ3v) is 4.25. The number of piperazine rings is 1. The van der Waals surface area contributed by atoms with Crippen molar-refractivity contribution in [2.45, 2.75) is 0 Å². The van der Waals surface area contributed by atoms with Gasteiger partial charge in [-0.25, -0.2) is 0 Å². The van der Waals surface area contributed by atoms with Crippen LogP contribution in [0.15, 0.2) is 48.8 Å². The molecule has 0 spiro atoms. The molecule has 3 rings (SSSR count). The van der Waals surface area contributed by atoms with Gasteiger partial charge in [0.05, 0.1) is 17.4 Å². The highest BCUT2D eigenvalue weighted by atomic mass is 16.2. The monoisotopic (exact) mass is 324 g/mol. The normalized spacial score (nSPS) is 14.4. The predicted octanol–water partition coefficient (Wildman–Crippen LogP) is 1.76. The van der Waals surface area contributed by atoms with Crippen LogP contribution in [0.25, 0.3) is 0 Å². The molecular weight excluding hydrogens is 304 g/mol. The first kappa shape index (κ1) is 16.0. The fourth-order valence-electron chi connectivity index (χ4n) is 2.74. The van der Waals surface area contributed by atoms with Gasteiger partial charge in [0.1, 0.15) is 0 Å². The summed E-state index contributed by atoms with van der Waals surface area (Å²) in [6.07, 6.45) is 4.17. The molecule has 0 bridgehead atoms. The summed E-state index contributed by atoms with van der Waals surface area (Å²) in [7, 11) is 1.95. The lowest BCUT2D eigenvalue weighted by Gasteiger charge is -2.32. The number of aromatic nitrogens is 1. The largest absolute Gasteiger partial charge is 0.343 e. The summed E-state index contributed by atoms with van der Waals surface area (Å²) in [6.45, 7) is 2.26. The number of benzene rings is 1. The van der Waals surface area contributed by atoms with Crippen molar-refractivity contribution in [2.75, 3.05) is 38.1 Å². The number of nitrogens with zero attached hydrogens (tertiary/aromatic N) is 4. The number of rotatable bonds is 4. The van der Waals surface area contributed by atoms with E-state index in [9.17, 15) is 9.59 Å². The topological polar surface area (TPSA) is 56.8 Å². The van der Waals surface area contributed by atoms with Crippen molar-refractivity contribution >= 4 is 23.7 Å². The van der Waals surface area contributed by atoms with Crippen LogP contribution in [0, 0.1) is 0 Å². The van der Waals surface area contributed by atoms with Gasteiger partial charge < -0.3 is 14.7 Å². The second-order valence-electron chi connectivity index (χ2n) is 5.76. The zero-order valence-electron chi connectivity index (χ0n) is 13.6. The Kier molecular flexibility index (Phi) is 4.74. The van der Waals surface area contributed by atoms with Gasteiger partial charge in [0.2, 0.25) is 6.41 Å². The zero-order valence-corrected chi connectivity index (χ0v) is 13.6. The molecule has 0 aliphatic carbocycles. The van der Waals surface area contributed by atoms with Crippen molar-refractivity contribution in [3.8, 4) is 0 Å². The lowest BCUT2D eigenvalue weighted by Crippen LogP contribution is -2.48. The summed E-state index contributed by atoms with van der Waals surface area (Å²) in [6, 6.07) is 11.8. The molecule has 6 nitrogen and oxygen atoms in total. The van der Waals surface area contributed by atoms with Gasteiger partial charge in [-0.3, -0.25) is 14.6 Å². The van der Waals surface area contributed by atoms with Crippen LogP contribution in [0.1, 0.15) is 10.4 Å². The van der Waals surface area contributed by atoms with Crippen molar-refractivity contribution in [2.24, 2.45) is 0 Å². The third-order valence-electron chi connectivity index (χ3n) is 4.25. The minimum Gasteiger partial charge on any atom is -0.343 e. The Balaban J connectivity index is 1.75. The number of anilines is 2. The average Bonchev–Trinajstić information content (AvgIpc) is 2.67. The first-order valence-corrected chi connectivity index (χ1v) is 7.91. The highest BCUT2D eigenvalue weighted by molar-refractivity contribution is 5.95. The van der Waals surface area contributed by atoms with Gasteiger partial charge >= 0.3 is 0 Å². The van der Waals surface area contributed by atoms with Gasteiger partial charge in [0, 0.05) is 45.1 Å². The van der Waals surface area contributed by atoms with Gasteiger partial charge in [-0.05, 0) is 18.2 Å². The van der Waals surface area contributed by atoms with Crippen LogP contribution in [0.3, 0.4) is 0 Å². The van der Waals surface area contributed by atoms with Gasteiger partial charge in [-0.15, -0.1) is 0 Å². The van der Waals surface area contributed by atoms with Crippen LogP contribution >= 0.6 is 0 Å². The molecule has 1 aliphatic heterocycles. The molecule has 0 atom stereocenters. The summed E-state index contributed by atoms with van der Waals surface area (Å²) in [5, 5.41) is 0. The van der Waals surface area contributed by atoms with E-state index < -0.39 is 0 Å². The van der Waals surface area contributed by atoms with Gasteiger partial charge in [-0.2, -0.15) is 0 Å². The SMILES string of the molecule is CN(c1ccccc1)c1cncc(C(=O)N2CCN(C=O)CC2)c1. The molecule has 1 aromatic carbocycles. The number of carbonyl (C=O) groups excluding carboxylic acids is 2. The minimum atomic E-state index is -0.0450. The second kappa shape index (κ2) is 7.12. The molecule has 0 saturated carbocycles. The van der Waals surface area contributed by atoms with Gasteiger partial charge in [-0.1, -0.05) is 18.2 Å². The first-order chi connectivity index (χ1) is 11.7. The van der Waals surface area contributed by atoms with E-state index in [2.05, 4.69) is 4.98 Å². The van der Waals surface area contributed by atoms with Gasteiger partial charge in [0.15, 0.2) is 0 Å². The summed E-state index contributed by atoms with van der Waals surface area (Å²) >= 11 is 0. The Hall–Kier alpha value is -2.89. The van der Waals surface area contributed by atoms with Crippen LogP contribution in [-0.2, 0) is 4.79 Å². The molecule has 0 N–H and O–H groups in total. The summed E-state index contributed by atoms with van der Waals surface area (Å²) in [4.78, 5) is 33.1. The summed E-state index contributed by atoms with van der Waals surface area (Å²) in [5.74, 6) is -0.0450. The molecular formula is C18H20N4O2. The molecule has 1 fully saturated rings. The third kappa shape index (κ3) is 3.37. The van der Waals surface area contributed by atoms with E-state index >= 15 is 0 Å². The smallest absolute Gasteiger partial charge is 0.255 e. The Labute approximate surface area is 141 Å². The van der Waals surface area contributed by atoms with E-state index in [0.29, 0.717) is 31.7 Å². The fraction of sp³-hybridized carbons (Fsp3) is 0.278. The number of amides is 2. The lowest BCUT2D eigenvalue weighted by molar-refractivity contribution is -0.119. The van der Waals surface area contributed by atoms with Crippen LogP contribution in [-0.4, -0.2) is 60.3 Å². The van der Waals surface area contributed by atoms with Crippen LogP contribution < -0.4 is 4.90 Å². The van der Waals surface area contributed by atoms with E-state index in [0.717, 1.165) is 17.8 Å². The van der Waals surface area contributed by atoms with Crippen molar-refractivity contribution in [1.82, 2.24) is 14.8 Å². The quantitative estimate of drug-likeness (QED) is 0.804. The highest BCUT2D eigenvalue weighted by Crippen LogP contribution is 2.23. The molecule has 2 aromatic rings. The Bertz CT molecular complexity index is 712. The molecule has 0 radical (unpaired) electrons. The Morgan fingerprint density at radius 3 is 2.46 bits per heavy atom. The molecule has 124 valence electrons. The second-order valence-corrected chi connectivity index (χ2v) is 5.76. The molecule has 2 heterocycles. The predicted molar refractivity (Wildman–Crippen MR) is 92.3 cm³/mol. The van der Waals surface area contributed by atoms with E-state index in [4.69, 9.17) is 0 Å².